The van der Waals surface area contributed by atoms with Gasteiger partial charge >= 0.3 is 0 Å². The van der Waals surface area contributed by atoms with Gasteiger partial charge in [-0.25, -0.2) is 0 Å². The zero-order valence-electron chi connectivity index (χ0n) is 5.85. The molecule has 9 heavy (non-hydrogen) atoms. The third-order valence-electron chi connectivity index (χ3n) is 1.61. The van der Waals surface area contributed by atoms with Crippen molar-refractivity contribution in [2.24, 2.45) is 11.7 Å². The molecule has 0 aliphatic heterocycles. The average Bonchev–Trinajstić information content (AvgIpc) is 2.40. The van der Waals surface area contributed by atoms with Crippen LogP contribution in [0.2, 0.25) is 0 Å². The van der Waals surface area contributed by atoms with Crippen LogP contribution >= 0.6 is 0 Å². The summed E-state index contributed by atoms with van der Waals surface area (Å²) in [6.07, 6.45) is 3.25. The minimum Gasteiger partial charge on any atom is -0.328 e. The molecular formula is C7H14N2. The van der Waals surface area contributed by atoms with Crippen molar-refractivity contribution in [1.29, 1.82) is 5.41 Å². The molecule has 3 N–H and O–H groups in total. The molecule has 52 valence electrons. The SMILES string of the molecule is C[C@H](N)CC(=N)C1CC1. The first-order valence-corrected chi connectivity index (χ1v) is 3.53. The Balaban J connectivity index is 2.18. The van der Waals surface area contributed by atoms with Gasteiger partial charge in [-0.3, -0.25) is 0 Å². The summed E-state index contributed by atoms with van der Waals surface area (Å²) in [5.74, 6) is 0.607. The van der Waals surface area contributed by atoms with E-state index >= 15 is 0 Å². The number of hydrogen-bond donors (Lipinski definition) is 2. The highest BCUT2D eigenvalue weighted by Gasteiger charge is 2.26. The average molecular weight is 126 g/mol. The predicted molar refractivity (Wildman–Crippen MR) is 38.7 cm³/mol. The van der Waals surface area contributed by atoms with Crippen LogP contribution in [0.5, 0.6) is 0 Å². The van der Waals surface area contributed by atoms with Gasteiger partial charge in [-0.05, 0) is 25.7 Å². The van der Waals surface area contributed by atoms with Gasteiger partial charge in [-0.15, -0.1) is 0 Å². The van der Waals surface area contributed by atoms with Crippen LogP contribution < -0.4 is 5.73 Å². The second-order valence-electron chi connectivity index (χ2n) is 2.98. The molecule has 1 saturated carbocycles. The van der Waals surface area contributed by atoms with Crippen LogP contribution in [0.25, 0.3) is 0 Å². The second kappa shape index (κ2) is 2.48. The topological polar surface area (TPSA) is 49.9 Å². The quantitative estimate of drug-likeness (QED) is 0.547. The lowest BCUT2D eigenvalue weighted by Gasteiger charge is -2.03. The van der Waals surface area contributed by atoms with Gasteiger partial charge in [0.25, 0.3) is 0 Å². The fourth-order valence-electron chi connectivity index (χ4n) is 0.945. The lowest BCUT2D eigenvalue weighted by molar-refractivity contribution is 0.762. The molecule has 1 fully saturated rings. The molecule has 1 aliphatic carbocycles. The number of nitrogens with two attached hydrogens (primary N) is 1. The van der Waals surface area contributed by atoms with E-state index < -0.39 is 0 Å². The lowest BCUT2D eigenvalue weighted by atomic mass is 10.1. The fraction of sp³-hybridized carbons (Fsp3) is 0.857. The van der Waals surface area contributed by atoms with Crippen LogP contribution in [0.15, 0.2) is 0 Å². The Morgan fingerprint density at radius 2 is 2.33 bits per heavy atom. The first-order chi connectivity index (χ1) is 4.20. The maximum Gasteiger partial charge on any atom is 0.0135 e. The van der Waals surface area contributed by atoms with E-state index in [2.05, 4.69) is 0 Å². The van der Waals surface area contributed by atoms with Gasteiger partial charge in [0.15, 0.2) is 0 Å². The summed E-state index contributed by atoms with van der Waals surface area (Å²) in [6.45, 7) is 1.96. The molecule has 0 heterocycles. The minimum absolute atomic E-state index is 0.179. The number of rotatable bonds is 3. The predicted octanol–water partition coefficient (Wildman–Crippen LogP) is 1.15. The smallest absolute Gasteiger partial charge is 0.0135 e. The Labute approximate surface area is 55.9 Å². The Morgan fingerprint density at radius 3 is 2.67 bits per heavy atom. The highest BCUT2D eigenvalue weighted by Crippen LogP contribution is 2.31. The van der Waals surface area contributed by atoms with Gasteiger partial charge in [0.05, 0.1) is 0 Å². The zero-order chi connectivity index (χ0) is 6.85. The van der Waals surface area contributed by atoms with Crippen molar-refractivity contribution in [3.05, 3.63) is 0 Å². The highest BCUT2D eigenvalue weighted by atomic mass is 14.6. The summed E-state index contributed by atoms with van der Waals surface area (Å²) >= 11 is 0. The molecule has 1 aliphatic rings. The summed E-state index contributed by atoms with van der Waals surface area (Å²) in [4.78, 5) is 0. The van der Waals surface area contributed by atoms with Gasteiger partial charge in [-0.2, -0.15) is 0 Å². The van der Waals surface area contributed by atoms with Crippen LogP contribution in [0.1, 0.15) is 26.2 Å². The summed E-state index contributed by atoms with van der Waals surface area (Å²) in [7, 11) is 0. The highest BCUT2D eigenvalue weighted by molar-refractivity contribution is 5.86. The third kappa shape index (κ3) is 2.14. The van der Waals surface area contributed by atoms with E-state index in [1.54, 1.807) is 0 Å². The molecular weight excluding hydrogens is 112 g/mol. The Morgan fingerprint density at radius 1 is 1.78 bits per heavy atom. The molecule has 0 aromatic carbocycles. The normalized spacial score (nSPS) is 21.6. The monoisotopic (exact) mass is 126 g/mol. The van der Waals surface area contributed by atoms with E-state index in [0.717, 1.165) is 12.1 Å². The lowest BCUT2D eigenvalue weighted by Crippen LogP contribution is -2.19. The van der Waals surface area contributed by atoms with Crippen LogP contribution in [0.3, 0.4) is 0 Å². The Hall–Kier alpha value is -0.370. The van der Waals surface area contributed by atoms with Crippen LogP contribution in [0.4, 0.5) is 0 Å². The van der Waals surface area contributed by atoms with Crippen LogP contribution in [-0.2, 0) is 0 Å². The molecule has 1 atom stereocenters. The van der Waals surface area contributed by atoms with E-state index in [4.69, 9.17) is 11.1 Å². The van der Waals surface area contributed by atoms with Crippen molar-refractivity contribution in [3.63, 3.8) is 0 Å². The van der Waals surface area contributed by atoms with E-state index in [0.29, 0.717) is 5.92 Å². The summed E-state index contributed by atoms with van der Waals surface area (Å²) < 4.78 is 0. The minimum atomic E-state index is 0.179. The van der Waals surface area contributed by atoms with Crippen molar-refractivity contribution in [2.45, 2.75) is 32.2 Å². The van der Waals surface area contributed by atoms with E-state index in [9.17, 15) is 0 Å². The van der Waals surface area contributed by atoms with Crippen LogP contribution in [-0.4, -0.2) is 11.8 Å². The zero-order valence-corrected chi connectivity index (χ0v) is 5.85. The molecule has 0 spiro atoms. The van der Waals surface area contributed by atoms with Gasteiger partial charge in [0.2, 0.25) is 0 Å². The molecule has 0 radical (unpaired) electrons. The van der Waals surface area contributed by atoms with Gasteiger partial charge in [-0.1, -0.05) is 0 Å². The second-order valence-corrected chi connectivity index (χ2v) is 2.98. The molecule has 0 bridgehead atoms. The largest absolute Gasteiger partial charge is 0.328 e. The van der Waals surface area contributed by atoms with Crippen molar-refractivity contribution >= 4 is 5.71 Å². The third-order valence-corrected chi connectivity index (χ3v) is 1.61. The van der Waals surface area contributed by atoms with E-state index in [1.165, 1.54) is 12.8 Å². The van der Waals surface area contributed by atoms with E-state index in [1.807, 2.05) is 6.92 Å². The van der Waals surface area contributed by atoms with Gasteiger partial charge in [0.1, 0.15) is 0 Å². The summed E-state index contributed by atoms with van der Waals surface area (Å²) in [5, 5.41) is 7.46. The maximum absolute atomic E-state index is 7.46. The maximum atomic E-state index is 7.46. The molecule has 0 amide bonds. The first-order valence-electron chi connectivity index (χ1n) is 3.53. The molecule has 0 saturated heterocycles. The number of hydrogen-bond acceptors (Lipinski definition) is 2. The van der Waals surface area contributed by atoms with Crippen LogP contribution in [0, 0.1) is 11.3 Å². The Kier molecular flexibility index (Phi) is 1.86. The summed E-state index contributed by atoms with van der Waals surface area (Å²) in [6, 6.07) is 0.179. The van der Waals surface area contributed by atoms with Crippen molar-refractivity contribution in [1.82, 2.24) is 0 Å². The standard InChI is InChI=1S/C7H14N2/c1-5(8)4-7(9)6-2-3-6/h5-6,9H,2-4,8H2,1H3/t5-/m0/s1. The molecule has 0 aromatic heterocycles. The molecule has 2 nitrogen and oxygen atoms in total. The first kappa shape index (κ1) is 6.75. The number of nitrogens with one attached hydrogen (secondary N) is 1. The molecule has 0 aromatic rings. The van der Waals surface area contributed by atoms with Crippen molar-refractivity contribution in [2.75, 3.05) is 0 Å². The Bertz CT molecular complexity index is 114. The molecule has 2 heteroatoms. The molecule has 1 rings (SSSR count). The van der Waals surface area contributed by atoms with E-state index in [-0.39, 0.29) is 6.04 Å². The van der Waals surface area contributed by atoms with Gasteiger partial charge < -0.3 is 11.1 Å². The fourth-order valence-corrected chi connectivity index (χ4v) is 0.945. The molecule has 0 unspecified atom stereocenters. The van der Waals surface area contributed by atoms with Gasteiger partial charge in [0, 0.05) is 18.2 Å². The van der Waals surface area contributed by atoms with Crippen molar-refractivity contribution in [3.8, 4) is 0 Å². The summed E-state index contributed by atoms with van der Waals surface area (Å²) in [5.41, 5.74) is 6.38. The van der Waals surface area contributed by atoms with Crippen molar-refractivity contribution < 1.29 is 0 Å².